The molecule has 0 bridgehead atoms. The molecule has 3 aromatic rings. The van der Waals surface area contributed by atoms with Crippen molar-refractivity contribution in [3.05, 3.63) is 54.9 Å². The molecule has 2 heterocycles. The van der Waals surface area contributed by atoms with Gasteiger partial charge in [0.1, 0.15) is 18.1 Å². The summed E-state index contributed by atoms with van der Waals surface area (Å²) in [5.74, 6) is 0.551. The number of hydrogen-bond donors (Lipinski definition) is 3. The SMILES string of the molecule is CCOc1ccc(Nc2cc(-c3ccncc3)nc(NCC(=O)O)n2)cc1. The van der Waals surface area contributed by atoms with Crippen LogP contribution in [0.2, 0.25) is 0 Å². The van der Waals surface area contributed by atoms with Crippen molar-refractivity contribution in [2.75, 3.05) is 23.8 Å². The Morgan fingerprint density at radius 1 is 1.11 bits per heavy atom. The molecule has 0 unspecified atom stereocenters. The molecule has 0 saturated carbocycles. The predicted octanol–water partition coefficient (Wildman–Crippen LogP) is 3.18. The van der Waals surface area contributed by atoms with Gasteiger partial charge in [0.15, 0.2) is 0 Å². The Morgan fingerprint density at radius 3 is 2.52 bits per heavy atom. The molecule has 3 rings (SSSR count). The summed E-state index contributed by atoms with van der Waals surface area (Å²) in [6.07, 6.45) is 3.34. The van der Waals surface area contributed by atoms with Crippen LogP contribution in [0.3, 0.4) is 0 Å². The van der Waals surface area contributed by atoms with Gasteiger partial charge in [-0.3, -0.25) is 9.78 Å². The summed E-state index contributed by atoms with van der Waals surface area (Å²) in [6.45, 7) is 2.26. The Morgan fingerprint density at radius 2 is 1.85 bits per heavy atom. The van der Waals surface area contributed by atoms with Crippen molar-refractivity contribution in [3.8, 4) is 17.0 Å². The van der Waals surface area contributed by atoms with Gasteiger partial charge in [-0.15, -0.1) is 0 Å². The number of rotatable bonds is 8. The van der Waals surface area contributed by atoms with Crippen LogP contribution in [0.4, 0.5) is 17.5 Å². The minimum atomic E-state index is -0.992. The lowest BCUT2D eigenvalue weighted by Gasteiger charge is -2.11. The van der Waals surface area contributed by atoms with E-state index in [4.69, 9.17) is 9.84 Å². The highest BCUT2D eigenvalue weighted by Gasteiger charge is 2.08. The largest absolute Gasteiger partial charge is 0.494 e. The number of pyridine rings is 1. The number of hydrogen-bond acceptors (Lipinski definition) is 7. The molecule has 0 spiro atoms. The van der Waals surface area contributed by atoms with Crippen LogP contribution in [0.25, 0.3) is 11.3 Å². The van der Waals surface area contributed by atoms with Crippen LogP contribution in [0.1, 0.15) is 6.92 Å². The molecule has 0 aliphatic heterocycles. The Hall–Kier alpha value is -3.68. The van der Waals surface area contributed by atoms with E-state index in [0.29, 0.717) is 18.1 Å². The van der Waals surface area contributed by atoms with Crippen molar-refractivity contribution in [3.63, 3.8) is 0 Å². The molecule has 0 aliphatic carbocycles. The van der Waals surface area contributed by atoms with Crippen molar-refractivity contribution in [2.24, 2.45) is 0 Å². The minimum absolute atomic E-state index is 0.222. The summed E-state index contributed by atoms with van der Waals surface area (Å²) in [5.41, 5.74) is 2.32. The first kappa shape index (κ1) is 18.1. The van der Waals surface area contributed by atoms with E-state index in [9.17, 15) is 4.79 Å². The average Bonchev–Trinajstić information content (AvgIpc) is 2.69. The van der Waals surface area contributed by atoms with E-state index >= 15 is 0 Å². The molecular formula is C19H19N5O3. The number of benzene rings is 1. The topological polar surface area (TPSA) is 109 Å². The summed E-state index contributed by atoms with van der Waals surface area (Å²) in [5, 5.41) is 14.8. The quantitative estimate of drug-likeness (QED) is 0.558. The number of carboxylic acid groups (broad SMARTS) is 1. The van der Waals surface area contributed by atoms with Gasteiger partial charge in [0, 0.05) is 29.7 Å². The maximum absolute atomic E-state index is 10.8. The summed E-state index contributed by atoms with van der Waals surface area (Å²) >= 11 is 0. The van der Waals surface area contributed by atoms with Gasteiger partial charge in [-0.1, -0.05) is 0 Å². The lowest BCUT2D eigenvalue weighted by atomic mass is 10.2. The predicted molar refractivity (Wildman–Crippen MR) is 102 cm³/mol. The van der Waals surface area contributed by atoms with E-state index in [0.717, 1.165) is 17.0 Å². The van der Waals surface area contributed by atoms with Gasteiger partial charge in [-0.05, 0) is 43.3 Å². The zero-order valence-electron chi connectivity index (χ0n) is 14.7. The molecule has 1 aromatic carbocycles. The fourth-order valence-corrected chi connectivity index (χ4v) is 2.36. The number of nitrogens with one attached hydrogen (secondary N) is 2. The summed E-state index contributed by atoms with van der Waals surface area (Å²) < 4.78 is 5.44. The Balaban J connectivity index is 1.88. The second-order valence-electron chi connectivity index (χ2n) is 5.53. The van der Waals surface area contributed by atoms with Gasteiger partial charge in [0.05, 0.1) is 12.3 Å². The summed E-state index contributed by atoms with van der Waals surface area (Å²) in [4.78, 5) is 23.6. The Labute approximate surface area is 156 Å². The normalized spacial score (nSPS) is 10.3. The first-order chi connectivity index (χ1) is 13.1. The van der Waals surface area contributed by atoms with Crippen LogP contribution in [0.5, 0.6) is 5.75 Å². The minimum Gasteiger partial charge on any atom is -0.494 e. The lowest BCUT2D eigenvalue weighted by Crippen LogP contribution is -2.15. The van der Waals surface area contributed by atoms with Crippen LogP contribution >= 0.6 is 0 Å². The van der Waals surface area contributed by atoms with Crippen LogP contribution in [0, 0.1) is 0 Å². The van der Waals surface area contributed by atoms with E-state index in [1.807, 2.05) is 43.3 Å². The fourth-order valence-electron chi connectivity index (χ4n) is 2.36. The third-order valence-electron chi connectivity index (χ3n) is 3.54. The van der Waals surface area contributed by atoms with E-state index in [2.05, 4.69) is 25.6 Å². The third-order valence-corrected chi connectivity index (χ3v) is 3.54. The number of nitrogens with zero attached hydrogens (tertiary/aromatic N) is 3. The second-order valence-corrected chi connectivity index (χ2v) is 5.53. The van der Waals surface area contributed by atoms with E-state index in [-0.39, 0.29) is 12.5 Å². The number of anilines is 3. The smallest absolute Gasteiger partial charge is 0.322 e. The fraction of sp³-hybridized carbons (Fsp3) is 0.158. The number of aromatic nitrogens is 3. The van der Waals surface area contributed by atoms with Crippen LogP contribution in [-0.4, -0.2) is 39.2 Å². The van der Waals surface area contributed by atoms with Gasteiger partial charge in [0.2, 0.25) is 5.95 Å². The number of carboxylic acids is 1. The standard InChI is InChI=1S/C19H19N5O3/c1-2-27-15-5-3-14(4-6-15)22-17-11-16(13-7-9-20-10-8-13)23-19(24-17)21-12-18(25)26/h3-11H,2,12H2,1H3,(H,25,26)(H2,21,22,23,24). The molecule has 0 fully saturated rings. The van der Waals surface area contributed by atoms with Crippen LogP contribution in [-0.2, 0) is 4.79 Å². The second kappa shape index (κ2) is 8.61. The van der Waals surface area contributed by atoms with Crippen LogP contribution < -0.4 is 15.4 Å². The molecule has 8 heteroatoms. The van der Waals surface area contributed by atoms with Gasteiger partial charge >= 0.3 is 5.97 Å². The van der Waals surface area contributed by atoms with Crippen molar-refractivity contribution in [2.45, 2.75) is 6.92 Å². The number of carbonyl (C=O) groups is 1. The van der Waals surface area contributed by atoms with E-state index < -0.39 is 5.97 Å². The van der Waals surface area contributed by atoms with Crippen molar-refractivity contribution >= 4 is 23.4 Å². The maximum atomic E-state index is 10.8. The average molecular weight is 365 g/mol. The van der Waals surface area contributed by atoms with Crippen molar-refractivity contribution < 1.29 is 14.6 Å². The van der Waals surface area contributed by atoms with Gasteiger partial charge in [0.25, 0.3) is 0 Å². The van der Waals surface area contributed by atoms with Crippen molar-refractivity contribution in [1.82, 2.24) is 15.0 Å². The molecular weight excluding hydrogens is 346 g/mol. The monoisotopic (exact) mass is 365 g/mol. The molecule has 138 valence electrons. The molecule has 3 N–H and O–H groups in total. The molecule has 2 aromatic heterocycles. The van der Waals surface area contributed by atoms with E-state index in [1.54, 1.807) is 18.5 Å². The van der Waals surface area contributed by atoms with Gasteiger partial charge in [-0.2, -0.15) is 4.98 Å². The highest BCUT2D eigenvalue weighted by molar-refractivity contribution is 5.73. The Kier molecular flexibility index (Phi) is 5.78. The van der Waals surface area contributed by atoms with Gasteiger partial charge < -0.3 is 20.5 Å². The molecule has 0 amide bonds. The third kappa shape index (κ3) is 5.15. The van der Waals surface area contributed by atoms with Crippen molar-refractivity contribution in [1.29, 1.82) is 0 Å². The zero-order chi connectivity index (χ0) is 19.1. The zero-order valence-corrected chi connectivity index (χ0v) is 14.7. The van der Waals surface area contributed by atoms with Gasteiger partial charge in [-0.25, -0.2) is 4.98 Å². The molecule has 0 saturated heterocycles. The molecule has 0 atom stereocenters. The highest BCUT2D eigenvalue weighted by Crippen LogP contribution is 2.24. The number of ether oxygens (including phenoxy) is 1. The first-order valence-corrected chi connectivity index (χ1v) is 8.39. The Bertz CT molecular complexity index is 901. The lowest BCUT2D eigenvalue weighted by molar-refractivity contribution is -0.134. The first-order valence-electron chi connectivity index (χ1n) is 8.39. The summed E-state index contributed by atoms with van der Waals surface area (Å²) in [7, 11) is 0. The maximum Gasteiger partial charge on any atom is 0.322 e. The molecule has 8 nitrogen and oxygen atoms in total. The molecule has 0 radical (unpaired) electrons. The van der Waals surface area contributed by atoms with Crippen LogP contribution in [0.15, 0.2) is 54.9 Å². The number of aliphatic carboxylic acids is 1. The molecule has 0 aliphatic rings. The highest BCUT2D eigenvalue weighted by atomic mass is 16.5. The van der Waals surface area contributed by atoms with E-state index in [1.165, 1.54) is 0 Å². The summed E-state index contributed by atoms with van der Waals surface area (Å²) in [6, 6.07) is 12.9. The molecule has 27 heavy (non-hydrogen) atoms.